The molecular formula is C17H18N2O7. The summed E-state index contributed by atoms with van der Waals surface area (Å²) >= 11 is 0. The van der Waals surface area contributed by atoms with Gasteiger partial charge in [-0.2, -0.15) is 0 Å². The molecule has 0 spiro atoms. The molecule has 0 amide bonds. The van der Waals surface area contributed by atoms with Gasteiger partial charge in [0.2, 0.25) is 0 Å². The molecule has 1 fully saturated rings. The smallest absolute Gasteiger partial charge is 0.338 e. The molecule has 1 aliphatic heterocycles. The Labute approximate surface area is 148 Å². The van der Waals surface area contributed by atoms with E-state index in [1.165, 1.54) is 5.57 Å². The van der Waals surface area contributed by atoms with Crippen molar-refractivity contribution >= 4 is 17.3 Å². The molecule has 2 aliphatic rings. The topological polar surface area (TPSA) is 122 Å². The lowest BCUT2D eigenvalue weighted by Gasteiger charge is -2.31. The first kappa shape index (κ1) is 18.0. The molecular weight excluding hydrogens is 344 g/mol. The van der Waals surface area contributed by atoms with E-state index in [9.17, 15) is 25.0 Å². The predicted octanol–water partition coefficient (Wildman–Crippen LogP) is 2.89. The number of nitrogens with zero attached hydrogens (tertiary/aromatic N) is 2. The Hall–Kier alpha value is -2.81. The van der Waals surface area contributed by atoms with Crippen molar-refractivity contribution in [1.82, 2.24) is 0 Å². The summed E-state index contributed by atoms with van der Waals surface area (Å²) in [5, 5.41) is 21.8. The van der Waals surface area contributed by atoms with Crippen molar-refractivity contribution in [1.29, 1.82) is 0 Å². The van der Waals surface area contributed by atoms with Crippen LogP contribution in [0.5, 0.6) is 0 Å². The molecule has 138 valence electrons. The molecule has 0 N–H and O–H groups in total. The number of esters is 1. The van der Waals surface area contributed by atoms with Gasteiger partial charge in [0.25, 0.3) is 11.4 Å². The lowest BCUT2D eigenvalue weighted by Crippen LogP contribution is -2.30. The fraction of sp³-hybridized carbons (Fsp3) is 0.471. The minimum atomic E-state index is -0.807. The lowest BCUT2D eigenvalue weighted by atomic mass is 9.74. The van der Waals surface area contributed by atoms with Gasteiger partial charge in [-0.15, -0.1) is 0 Å². The fourth-order valence-electron chi connectivity index (χ4n) is 3.55. The van der Waals surface area contributed by atoms with Crippen molar-refractivity contribution in [3.05, 3.63) is 55.6 Å². The predicted molar refractivity (Wildman–Crippen MR) is 89.7 cm³/mol. The van der Waals surface area contributed by atoms with E-state index in [-0.39, 0.29) is 24.0 Å². The van der Waals surface area contributed by atoms with E-state index in [4.69, 9.17) is 9.47 Å². The Morgan fingerprint density at radius 1 is 1.19 bits per heavy atom. The van der Waals surface area contributed by atoms with E-state index < -0.39 is 27.2 Å². The maximum atomic E-state index is 12.3. The Balaban J connectivity index is 1.72. The number of hydrogen-bond acceptors (Lipinski definition) is 7. The van der Waals surface area contributed by atoms with Gasteiger partial charge in [-0.05, 0) is 19.3 Å². The van der Waals surface area contributed by atoms with E-state index >= 15 is 0 Å². The first-order chi connectivity index (χ1) is 12.4. The second-order valence-electron chi connectivity index (χ2n) is 6.60. The summed E-state index contributed by atoms with van der Waals surface area (Å²) in [6.07, 6.45) is 2.88. The van der Waals surface area contributed by atoms with Gasteiger partial charge in [-0.1, -0.05) is 11.6 Å². The second-order valence-corrected chi connectivity index (χ2v) is 6.60. The van der Waals surface area contributed by atoms with Crippen LogP contribution in [-0.4, -0.2) is 35.6 Å². The van der Waals surface area contributed by atoms with Crippen LogP contribution < -0.4 is 0 Å². The maximum absolute atomic E-state index is 12.3. The molecule has 1 heterocycles. The van der Waals surface area contributed by atoms with Crippen molar-refractivity contribution in [2.45, 2.75) is 13.3 Å². The molecule has 3 atom stereocenters. The van der Waals surface area contributed by atoms with Gasteiger partial charge >= 0.3 is 5.97 Å². The minimum Gasteiger partial charge on any atom is -0.462 e. The van der Waals surface area contributed by atoms with E-state index in [2.05, 4.69) is 13.0 Å². The maximum Gasteiger partial charge on any atom is 0.338 e. The quantitative estimate of drug-likeness (QED) is 0.341. The van der Waals surface area contributed by atoms with E-state index in [1.807, 2.05) is 0 Å². The van der Waals surface area contributed by atoms with Crippen molar-refractivity contribution in [3.8, 4) is 0 Å². The van der Waals surface area contributed by atoms with Gasteiger partial charge in [0.15, 0.2) is 0 Å². The van der Waals surface area contributed by atoms with Crippen LogP contribution in [0.4, 0.5) is 11.4 Å². The van der Waals surface area contributed by atoms with Gasteiger partial charge in [0.05, 0.1) is 41.3 Å². The van der Waals surface area contributed by atoms with E-state index in [1.54, 1.807) is 0 Å². The average Bonchev–Trinajstić information content (AvgIpc) is 3.11. The number of non-ortho nitro benzene ring substituents is 2. The van der Waals surface area contributed by atoms with Gasteiger partial charge < -0.3 is 9.47 Å². The number of fused-ring (bicyclic) bond motifs is 1. The van der Waals surface area contributed by atoms with Gasteiger partial charge in [0.1, 0.15) is 0 Å². The molecule has 26 heavy (non-hydrogen) atoms. The second kappa shape index (κ2) is 7.20. The van der Waals surface area contributed by atoms with Gasteiger partial charge in [-0.3, -0.25) is 20.2 Å². The van der Waals surface area contributed by atoms with Crippen LogP contribution in [0, 0.1) is 38.0 Å². The zero-order chi connectivity index (χ0) is 18.8. The van der Waals surface area contributed by atoms with Crippen LogP contribution in [0.1, 0.15) is 23.7 Å². The van der Waals surface area contributed by atoms with Crippen molar-refractivity contribution < 1.29 is 24.1 Å². The van der Waals surface area contributed by atoms with Crippen LogP contribution in [-0.2, 0) is 9.47 Å². The monoisotopic (exact) mass is 362 g/mol. The SMILES string of the molecule is CC1=CC[C@@H](COC(=O)c2cc([N+](=O)[O-])cc([N+](=O)[O-])c2)[C@@H]2COC[C@@H]12. The molecule has 3 rings (SSSR count). The lowest BCUT2D eigenvalue weighted by molar-refractivity contribution is -0.394. The highest BCUT2D eigenvalue weighted by atomic mass is 16.6. The summed E-state index contributed by atoms with van der Waals surface area (Å²) in [7, 11) is 0. The van der Waals surface area contributed by atoms with Crippen LogP contribution in [0.2, 0.25) is 0 Å². The zero-order valence-corrected chi connectivity index (χ0v) is 14.1. The molecule has 1 aromatic rings. The third-order valence-electron chi connectivity index (χ3n) is 5.05. The van der Waals surface area contributed by atoms with Crippen LogP contribution >= 0.6 is 0 Å². The normalized spacial score (nSPS) is 24.5. The molecule has 1 aliphatic carbocycles. The van der Waals surface area contributed by atoms with E-state index in [0.29, 0.717) is 19.1 Å². The highest BCUT2D eigenvalue weighted by Gasteiger charge is 2.38. The number of rotatable bonds is 5. The summed E-state index contributed by atoms with van der Waals surface area (Å²) < 4.78 is 10.8. The third-order valence-corrected chi connectivity index (χ3v) is 5.05. The van der Waals surface area contributed by atoms with Crippen LogP contribution in [0.15, 0.2) is 29.8 Å². The number of benzene rings is 1. The summed E-state index contributed by atoms with van der Waals surface area (Å²) in [6.45, 7) is 3.48. The highest BCUT2D eigenvalue weighted by Crippen LogP contribution is 2.39. The molecule has 0 aromatic heterocycles. The molecule has 9 nitrogen and oxygen atoms in total. The number of nitro groups is 2. The Morgan fingerprint density at radius 2 is 1.85 bits per heavy atom. The Kier molecular flexibility index (Phi) is 4.99. The van der Waals surface area contributed by atoms with Crippen molar-refractivity contribution in [2.24, 2.45) is 17.8 Å². The zero-order valence-electron chi connectivity index (χ0n) is 14.1. The average molecular weight is 362 g/mol. The molecule has 1 aromatic carbocycles. The van der Waals surface area contributed by atoms with Gasteiger partial charge in [0, 0.05) is 24.0 Å². The van der Waals surface area contributed by atoms with E-state index in [0.717, 1.165) is 24.6 Å². The standard InChI is InChI=1S/C17H18N2O7/c1-10-2-3-11(16-9-25-8-15(10)16)7-26-17(20)12-4-13(18(21)22)6-14(5-12)19(23)24/h2,4-6,11,15-16H,3,7-9H2,1H3/t11-,15-,16-/m0/s1. The summed E-state index contributed by atoms with van der Waals surface area (Å²) in [5.74, 6) is -0.110. The number of ether oxygens (including phenoxy) is 2. The molecule has 0 radical (unpaired) electrons. The molecule has 0 unspecified atom stereocenters. The van der Waals surface area contributed by atoms with Crippen molar-refractivity contribution in [2.75, 3.05) is 19.8 Å². The van der Waals surface area contributed by atoms with Crippen molar-refractivity contribution in [3.63, 3.8) is 0 Å². The fourth-order valence-corrected chi connectivity index (χ4v) is 3.55. The molecule has 0 bridgehead atoms. The number of carbonyl (C=O) groups is 1. The molecule has 9 heteroatoms. The molecule has 1 saturated heterocycles. The summed E-state index contributed by atoms with van der Waals surface area (Å²) in [6, 6.07) is 2.79. The number of carbonyl (C=O) groups excluding carboxylic acids is 1. The largest absolute Gasteiger partial charge is 0.462 e. The Morgan fingerprint density at radius 3 is 2.46 bits per heavy atom. The number of allylic oxidation sites excluding steroid dienone is 1. The van der Waals surface area contributed by atoms with Crippen LogP contribution in [0.3, 0.4) is 0 Å². The summed E-state index contributed by atoms with van der Waals surface area (Å²) in [4.78, 5) is 32.6. The summed E-state index contributed by atoms with van der Waals surface area (Å²) in [5.41, 5.74) is 0.0373. The Bertz CT molecular complexity index is 757. The van der Waals surface area contributed by atoms with Gasteiger partial charge in [-0.25, -0.2) is 4.79 Å². The molecule has 0 saturated carbocycles. The number of nitro benzene ring substituents is 2. The van der Waals surface area contributed by atoms with Crippen LogP contribution in [0.25, 0.3) is 0 Å². The third kappa shape index (κ3) is 3.57. The first-order valence-corrected chi connectivity index (χ1v) is 8.22. The minimum absolute atomic E-state index is 0.101. The highest BCUT2D eigenvalue weighted by molar-refractivity contribution is 5.91. The number of hydrogen-bond donors (Lipinski definition) is 0. The first-order valence-electron chi connectivity index (χ1n) is 8.22.